The molecule has 6 heteroatoms. The molecule has 2 heterocycles. The fraction of sp³-hybridized carbons (Fsp3) is 0. The summed E-state index contributed by atoms with van der Waals surface area (Å²) in [7, 11) is 0. The maximum atomic E-state index is 13.5. The highest BCUT2D eigenvalue weighted by atomic mass is 19.1. The van der Waals surface area contributed by atoms with Crippen LogP contribution in [-0.2, 0) is 0 Å². The Morgan fingerprint density at radius 3 is 2.13 bits per heavy atom. The van der Waals surface area contributed by atoms with Gasteiger partial charge in [0.15, 0.2) is 0 Å². The van der Waals surface area contributed by atoms with Crippen LogP contribution >= 0.6 is 0 Å². The second-order valence-corrected chi connectivity index (χ2v) is 6.97. The van der Waals surface area contributed by atoms with Crippen LogP contribution in [0.15, 0.2) is 91.0 Å². The number of aromatic nitrogens is 4. The first-order valence-electron chi connectivity index (χ1n) is 9.70. The highest BCUT2D eigenvalue weighted by Crippen LogP contribution is 2.34. The van der Waals surface area contributed by atoms with Gasteiger partial charge in [0, 0.05) is 11.1 Å². The maximum Gasteiger partial charge on any atom is 0.129 e. The number of benzene rings is 3. The molecule has 0 saturated carbocycles. The van der Waals surface area contributed by atoms with Crippen LogP contribution in [0.4, 0.5) is 4.39 Å². The summed E-state index contributed by atoms with van der Waals surface area (Å²) in [4.78, 5) is 0. The van der Waals surface area contributed by atoms with Crippen molar-refractivity contribution in [3.63, 3.8) is 0 Å². The molecule has 0 radical (unpaired) electrons. The number of halogens is 1. The number of nitrogens with zero attached hydrogens (tertiary/aromatic N) is 4. The highest BCUT2D eigenvalue weighted by molar-refractivity contribution is 5.79. The molecule has 3 aromatic carbocycles. The van der Waals surface area contributed by atoms with E-state index in [1.54, 1.807) is 16.8 Å². The molecule has 0 aliphatic carbocycles. The maximum absolute atomic E-state index is 13.5. The van der Waals surface area contributed by atoms with Crippen LogP contribution in [-0.4, -0.2) is 20.0 Å². The number of H-pyrrole nitrogens is 1. The van der Waals surface area contributed by atoms with Crippen molar-refractivity contribution >= 4 is 0 Å². The van der Waals surface area contributed by atoms with E-state index in [1.807, 2.05) is 66.7 Å². The molecule has 0 unspecified atom stereocenters. The Morgan fingerprint density at radius 2 is 1.48 bits per heavy atom. The minimum absolute atomic E-state index is 0.334. The lowest BCUT2D eigenvalue weighted by Crippen LogP contribution is -1.99. The second kappa shape index (κ2) is 7.73. The van der Waals surface area contributed by atoms with Crippen molar-refractivity contribution in [3.05, 3.63) is 102 Å². The Hall–Kier alpha value is -4.50. The lowest BCUT2D eigenvalue weighted by atomic mass is 10.0. The van der Waals surface area contributed by atoms with E-state index in [2.05, 4.69) is 16.3 Å². The first-order valence-corrected chi connectivity index (χ1v) is 9.70. The van der Waals surface area contributed by atoms with Gasteiger partial charge in [-0.15, -0.1) is 0 Å². The van der Waals surface area contributed by atoms with Crippen molar-refractivity contribution in [2.24, 2.45) is 0 Å². The van der Waals surface area contributed by atoms with Crippen molar-refractivity contribution in [1.82, 2.24) is 20.0 Å². The van der Waals surface area contributed by atoms with Gasteiger partial charge in [-0.25, -0.2) is 9.07 Å². The Balaban J connectivity index is 1.71. The van der Waals surface area contributed by atoms with E-state index in [-0.39, 0.29) is 5.82 Å². The fourth-order valence-electron chi connectivity index (χ4n) is 3.54. The molecule has 5 aromatic rings. The Bertz CT molecular complexity index is 1380. The third-order valence-electron chi connectivity index (χ3n) is 5.02. The molecule has 0 spiro atoms. The lowest BCUT2D eigenvalue weighted by molar-refractivity contribution is 0.627. The molecule has 0 bridgehead atoms. The molecule has 0 fully saturated rings. The van der Waals surface area contributed by atoms with Gasteiger partial charge in [-0.2, -0.15) is 15.5 Å². The van der Waals surface area contributed by atoms with E-state index in [4.69, 9.17) is 5.10 Å². The topological polar surface area (TPSA) is 70.3 Å². The number of nitrogens with one attached hydrogen (secondary N) is 1. The second-order valence-electron chi connectivity index (χ2n) is 6.97. The Labute approximate surface area is 178 Å². The van der Waals surface area contributed by atoms with Crippen LogP contribution in [0.3, 0.4) is 0 Å². The van der Waals surface area contributed by atoms with E-state index >= 15 is 0 Å². The standard InChI is InChI=1S/C25H16FN5/c26-19-11-13-20(14-12-19)31-25(18-9-5-2-6-10-18)21(16-27)24(30-31)23-15-22(28-29-23)17-7-3-1-4-8-17/h1-15H,(H,28,29). The van der Waals surface area contributed by atoms with Gasteiger partial charge in [0.1, 0.15) is 23.1 Å². The number of hydrogen-bond donors (Lipinski definition) is 1. The van der Waals surface area contributed by atoms with Crippen LogP contribution in [0.2, 0.25) is 0 Å². The van der Waals surface area contributed by atoms with E-state index in [0.717, 1.165) is 16.8 Å². The van der Waals surface area contributed by atoms with Crippen molar-refractivity contribution in [2.75, 3.05) is 0 Å². The molecule has 5 nitrogen and oxygen atoms in total. The lowest BCUT2D eigenvalue weighted by Gasteiger charge is -2.08. The van der Waals surface area contributed by atoms with Crippen molar-refractivity contribution in [2.45, 2.75) is 0 Å². The third-order valence-corrected chi connectivity index (χ3v) is 5.02. The molecule has 0 aliphatic rings. The summed E-state index contributed by atoms with van der Waals surface area (Å²) >= 11 is 0. The molecule has 0 aliphatic heterocycles. The van der Waals surface area contributed by atoms with Gasteiger partial charge in [0.05, 0.1) is 22.8 Å². The predicted molar refractivity (Wildman–Crippen MR) is 117 cm³/mol. The minimum atomic E-state index is -0.334. The summed E-state index contributed by atoms with van der Waals surface area (Å²) in [6, 6.07) is 29.6. The summed E-state index contributed by atoms with van der Waals surface area (Å²) in [5.74, 6) is -0.334. The van der Waals surface area contributed by atoms with Crippen molar-refractivity contribution in [1.29, 1.82) is 5.26 Å². The van der Waals surface area contributed by atoms with Crippen LogP contribution < -0.4 is 0 Å². The average molecular weight is 405 g/mol. The smallest absolute Gasteiger partial charge is 0.129 e. The molecule has 1 N–H and O–H groups in total. The van der Waals surface area contributed by atoms with E-state index in [0.29, 0.717) is 28.3 Å². The first kappa shape index (κ1) is 18.5. The van der Waals surface area contributed by atoms with Gasteiger partial charge in [-0.05, 0) is 30.3 Å². The molecular weight excluding hydrogens is 389 g/mol. The van der Waals surface area contributed by atoms with Crippen LogP contribution in [0.1, 0.15) is 5.56 Å². The molecule has 0 saturated heterocycles. The molecular formula is C25H16FN5. The van der Waals surface area contributed by atoms with Crippen LogP contribution in [0.25, 0.3) is 39.6 Å². The summed E-state index contributed by atoms with van der Waals surface area (Å²) in [6.45, 7) is 0. The monoisotopic (exact) mass is 405 g/mol. The largest absolute Gasteiger partial charge is 0.276 e. The summed E-state index contributed by atoms with van der Waals surface area (Å²) in [5.41, 5.74) is 5.39. The zero-order chi connectivity index (χ0) is 21.2. The zero-order valence-corrected chi connectivity index (χ0v) is 16.3. The predicted octanol–water partition coefficient (Wildman–Crippen LogP) is 5.61. The van der Waals surface area contributed by atoms with Gasteiger partial charge in [0.25, 0.3) is 0 Å². The summed E-state index contributed by atoms with van der Waals surface area (Å²) in [5, 5.41) is 22.2. The van der Waals surface area contributed by atoms with Gasteiger partial charge in [-0.3, -0.25) is 5.10 Å². The SMILES string of the molecule is N#Cc1c(-c2cc(-c3ccccc3)n[nH]2)nn(-c2ccc(F)cc2)c1-c1ccccc1. The zero-order valence-electron chi connectivity index (χ0n) is 16.3. The summed E-state index contributed by atoms with van der Waals surface area (Å²) in [6.07, 6.45) is 0. The van der Waals surface area contributed by atoms with Crippen LogP contribution in [0, 0.1) is 17.1 Å². The van der Waals surface area contributed by atoms with Gasteiger partial charge in [0.2, 0.25) is 0 Å². The molecule has 2 aromatic heterocycles. The van der Waals surface area contributed by atoms with Crippen LogP contribution in [0.5, 0.6) is 0 Å². The number of hydrogen-bond acceptors (Lipinski definition) is 3. The fourth-order valence-corrected chi connectivity index (χ4v) is 3.54. The molecule has 5 rings (SSSR count). The van der Waals surface area contributed by atoms with E-state index < -0.39 is 0 Å². The van der Waals surface area contributed by atoms with E-state index in [1.165, 1.54) is 12.1 Å². The van der Waals surface area contributed by atoms with Crippen molar-refractivity contribution < 1.29 is 4.39 Å². The molecule has 148 valence electrons. The average Bonchev–Trinajstić information content (AvgIpc) is 3.46. The highest BCUT2D eigenvalue weighted by Gasteiger charge is 2.23. The quantitative estimate of drug-likeness (QED) is 0.423. The third kappa shape index (κ3) is 3.38. The number of aromatic amines is 1. The molecule has 0 amide bonds. The minimum Gasteiger partial charge on any atom is -0.276 e. The number of rotatable bonds is 4. The van der Waals surface area contributed by atoms with Gasteiger partial charge < -0.3 is 0 Å². The number of nitriles is 1. The summed E-state index contributed by atoms with van der Waals surface area (Å²) < 4.78 is 15.2. The molecule has 0 atom stereocenters. The van der Waals surface area contributed by atoms with Gasteiger partial charge >= 0.3 is 0 Å². The molecule has 31 heavy (non-hydrogen) atoms. The first-order chi connectivity index (χ1) is 15.2. The normalized spacial score (nSPS) is 10.7. The van der Waals surface area contributed by atoms with Gasteiger partial charge in [-0.1, -0.05) is 60.7 Å². The van der Waals surface area contributed by atoms with Crippen molar-refractivity contribution in [3.8, 4) is 45.7 Å². The Kier molecular flexibility index (Phi) is 4.62. The van der Waals surface area contributed by atoms with E-state index in [9.17, 15) is 9.65 Å². The Morgan fingerprint density at radius 1 is 0.839 bits per heavy atom.